The van der Waals surface area contributed by atoms with Crippen molar-refractivity contribution in [1.29, 1.82) is 0 Å². The van der Waals surface area contributed by atoms with Crippen LogP contribution in [0.25, 0.3) is 0 Å². The van der Waals surface area contributed by atoms with Gasteiger partial charge in [-0.3, -0.25) is 0 Å². The van der Waals surface area contributed by atoms with Gasteiger partial charge in [0.25, 0.3) is 0 Å². The minimum atomic E-state index is 0.777. The second-order valence-electron chi connectivity index (χ2n) is 1.93. The molecule has 0 aromatic carbocycles. The molecule has 1 N–H and O–H groups in total. The Hall–Kier alpha value is -1.20. The average molecular weight is 135 g/mol. The van der Waals surface area contributed by atoms with Gasteiger partial charge in [-0.2, -0.15) is 0 Å². The van der Waals surface area contributed by atoms with Crippen LogP contribution in [-0.2, 0) is 0 Å². The van der Waals surface area contributed by atoms with E-state index in [0.717, 1.165) is 12.2 Å². The lowest BCUT2D eigenvalue weighted by Crippen LogP contribution is -2.08. The van der Waals surface area contributed by atoms with E-state index < -0.39 is 0 Å². The quantitative estimate of drug-likeness (QED) is 0.459. The van der Waals surface area contributed by atoms with Crippen molar-refractivity contribution in [3.8, 4) is 0 Å². The van der Waals surface area contributed by atoms with Crippen LogP contribution in [-0.4, -0.2) is 6.54 Å². The zero-order valence-corrected chi connectivity index (χ0v) is 6.35. The van der Waals surface area contributed by atoms with Crippen molar-refractivity contribution < 1.29 is 0 Å². The number of nitrogens with one attached hydrogen (secondary N) is 1. The summed E-state index contributed by atoms with van der Waals surface area (Å²) in [5.41, 5.74) is 3.89. The van der Waals surface area contributed by atoms with E-state index in [1.165, 1.54) is 0 Å². The Kier molecular flexibility index (Phi) is 5.22. The van der Waals surface area contributed by atoms with Gasteiger partial charge in [-0.1, -0.05) is 19.2 Å². The lowest BCUT2D eigenvalue weighted by molar-refractivity contribution is 0.911. The van der Waals surface area contributed by atoms with E-state index in [-0.39, 0.29) is 0 Å². The first-order valence-corrected chi connectivity index (χ1v) is 3.18. The largest absolute Gasteiger partial charge is 0.385 e. The molecule has 0 spiro atoms. The van der Waals surface area contributed by atoms with Crippen LogP contribution < -0.4 is 5.32 Å². The second-order valence-corrected chi connectivity index (χ2v) is 1.93. The topological polar surface area (TPSA) is 12.0 Å². The van der Waals surface area contributed by atoms with E-state index in [4.69, 9.17) is 0 Å². The molecule has 0 aliphatic rings. The maximum atomic E-state index is 3.68. The van der Waals surface area contributed by atoms with E-state index in [9.17, 15) is 0 Å². The lowest BCUT2D eigenvalue weighted by atomic mass is 10.5. The zero-order valence-electron chi connectivity index (χ0n) is 6.35. The highest BCUT2D eigenvalue weighted by Gasteiger charge is 1.74. The van der Waals surface area contributed by atoms with Gasteiger partial charge in [-0.15, -0.1) is 5.73 Å². The summed E-state index contributed by atoms with van der Waals surface area (Å²) < 4.78 is 0. The van der Waals surface area contributed by atoms with Crippen LogP contribution in [0.15, 0.2) is 42.8 Å². The molecule has 0 rings (SSSR count). The van der Waals surface area contributed by atoms with E-state index in [1.54, 1.807) is 12.2 Å². The van der Waals surface area contributed by atoms with E-state index in [2.05, 4.69) is 24.2 Å². The minimum absolute atomic E-state index is 0.777. The number of allylic oxidation sites excluding steroid dienone is 2. The molecular formula is C9H13N. The Labute approximate surface area is 62.5 Å². The van der Waals surface area contributed by atoms with Gasteiger partial charge < -0.3 is 5.32 Å². The summed E-state index contributed by atoms with van der Waals surface area (Å²) in [4.78, 5) is 0. The number of hydrogen-bond acceptors (Lipinski definition) is 1. The van der Waals surface area contributed by atoms with Crippen LogP contribution in [0.2, 0.25) is 0 Å². The molecule has 1 nitrogen and oxygen atoms in total. The first kappa shape index (κ1) is 8.80. The zero-order chi connectivity index (χ0) is 7.82. The molecule has 0 atom stereocenters. The fourth-order valence-corrected chi connectivity index (χ4v) is 0.420. The van der Waals surface area contributed by atoms with Crippen LogP contribution in [0.3, 0.4) is 0 Å². The molecule has 54 valence electrons. The van der Waals surface area contributed by atoms with Gasteiger partial charge in [0.2, 0.25) is 0 Å². The van der Waals surface area contributed by atoms with Crippen LogP contribution >= 0.6 is 0 Å². The van der Waals surface area contributed by atoms with Crippen molar-refractivity contribution in [3.63, 3.8) is 0 Å². The average Bonchev–Trinajstić information content (AvgIpc) is 1.87. The molecule has 0 aromatic rings. The third kappa shape index (κ3) is 6.80. The highest BCUT2D eigenvalue weighted by atomic mass is 14.8. The molecule has 0 saturated carbocycles. The minimum Gasteiger partial charge on any atom is -0.385 e. The van der Waals surface area contributed by atoms with Gasteiger partial charge in [0.15, 0.2) is 0 Å². The van der Waals surface area contributed by atoms with Crippen LogP contribution in [0.4, 0.5) is 0 Å². The molecule has 0 heterocycles. The Balaban J connectivity index is 3.44. The Morgan fingerprint density at radius 1 is 1.70 bits per heavy atom. The summed E-state index contributed by atoms with van der Waals surface area (Å²) in [6.45, 7) is 9.90. The molecule has 0 aliphatic carbocycles. The SMILES string of the molecule is C=CC=C=CCNC(=C)C. The van der Waals surface area contributed by atoms with Crippen LogP contribution in [0.5, 0.6) is 0 Å². The fourth-order valence-electron chi connectivity index (χ4n) is 0.420. The third-order valence-corrected chi connectivity index (χ3v) is 0.838. The lowest BCUT2D eigenvalue weighted by Gasteiger charge is -1.96. The van der Waals surface area contributed by atoms with E-state index >= 15 is 0 Å². The standard InChI is InChI=1S/C9H13N/c1-4-5-6-7-8-10-9(2)3/h4-5,7,10H,1-2,8H2,3H3. The molecule has 0 radical (unpaired) electrons. The Bertz CT molecular complexity index is 171. The first-order chi connectivity index (χ1) is 4.77. The van der Waals surface area contributed by atoms with Gasteiger partial charge in [0.05, 0.1) is 0 Å². The summed E-state index contributed by atoms with van der Waals surface area (Å²) in [5, 5.41) is 3.04. The summed E-state index contributed by atoms with van der Waals surface area (Å²) in [6.07, 6.45) is 5.34. The summed E-state index contributed by atoms with van der Waals surface area (Å²) in [7, 11) is 0. The highest BCUT2D eigenvalue weighted by Crippen LogP contribution is 1.76. The molecule has 10 heavy (non-hydrogen) atoms. The van der Waals surface area contributed by atoms with Crippen molar-refractivity contribution in [3.05, 3.63) is 42.8 Å². The molecule has 0 unspecified atom stereocenters. The molecule has 0 aliphatic heterocycles. The third-order valence-electron chi connectivity index (χ3n) is 0.838. The maximum absolute atomic E-state index is 3.68. The number of hydrogen-bond donors (Lipinski definition) is 1. The normalized spacial score (nSPS) is 7.30. The van der Waals surface area contributed by atoms with Crippen molar-refractivity contribution in [2.45, 2.75) is 6.92 Å². The summed E-state index contributed by atoms with van der Waals surface area (Å²) >= 11 is 0. The Morgan fingerprint density at radius 3 is 2.90 bits per heavy atom. The van der Waals surface area contributed by atoms with Gasteiger partial charge in [-0.05, 0) is 19.1 Å². The summed E-state index contributed by atoms with van der Waals surface area (Å²) in [6, 6.07) is 0. The predicted molar refractivity (Wildman–Crippen MR) is 45.7 cm³/mol. The van der Waals surface area contributed by atoms with Crippen molar-refractivity contribution in [2.75, 3.05) is 6.54 Å². The maximum Gasteiger partial charge on any atom is 0.0402 e. The molecule has 0 saturated heterocycles. The van der Waals surface area contributed by atoms with Crippen molar-refractivity contribution in [1.82, 2.24) is 5.32 Å². The summed E-state index contributed by atoms with van der Waals surface area (Å²) in [5.74, 6) is 0. The van der Waals surface area contributed by atoms with Gasteiger partial charge in [0.1, 0.15) is 0 Å². The molecule has 0 aromatic heterocycles. The van der Waals surface area contributed by atoms with Crippen molar-refractivity contribution >= 4 is 0 Å². The highest BCUT2D eigenvalue weighted by molar-refractivity contribution is 4.99. The van der Waals surface area contributed by atoms with Gasteiger partial charge in [-0.25, -0.2) is 0 Å². The Morgan fingerprint density at radius 2 is 2.40 bits per heavy atom. The second kappa shape index (κ2) is 5.93. The van der Waals surface area contributed by atoms with E-state index in [1.807, 2.05) is 13.0 Å². The number of rotatable bonds is 4. The molecular weight excluding hydrogens is 122 g/mol. The molecule has 0 fully saturated rings. The fraction of sp³-hybridized carbons (Fsp3) is 0.222. The molecule has 1 heteroatoms. The van der Waals surface area contributed by atoms with Gasteiger partial charge >= 0.3 is 0 Å². The van der Waals surface area contributed by atoms with Gasteiger partial charge in [0, 0.05) is 12.2 Å². The monoisotopic (exact) mass is 135 g/mol. The van der Waals surface area contributed by atoms with Crippen molar-refractivity contribution in [2.24, 2.45) is 0 Å². The smallest absolute Gasteiger partial charge is 0.0402 e. The molecule has 0 bridgehead atoms. The first-order valence-electron chi connectivity index (χ1n) is 3.18. The van der Waals surface area contributed by atoms with Crippen LogP contribution in [0, 0.1) is 0 Å². The van der Waals surface area contributed by atoms with Crippen LogP contribution in [0.1, 0.15) is 6.92 Å². The van der Waals surface area contributed by atoms with E-state index in [0.29, 0.717) is 0 Å². The molecule has 0 amide bonds. The predicted octanol–water partition coefficient (Wildman–Crippen LogP) is 2.01.